The van der Waals surface area contributed by atoms with Crippen LogP contribution < -0.4 is 5.56 Å². The van der Waals surface area contributed by atoms with Gasteiger partial charge in [-0.3, -0.25) is 4.79 Å². The topological polar surface area (TPSA) is 63.6 Å². The van der Waals surface area contributed by atoms with Gasteiger partial charge in [-0.1, -0.05) is 6.92 Å². The molecule has 8 heteroatoms. The Morgan fingerprint density at radius 1 is 1.53 bits per heavy atom. The Morgan fingerprint density at radius 3 is 2.88 bits per heavy atom. The molecular formula is C9H9F3N4O. The molecule has 17 heavy (non-hydrogen) atoms. The van der Waals surface area contributed by atoms with Gasteiger partial charge in [0.15, 0.2) is 5.65 Å². The van der Waals surface area contributed by atoms with Crippen molar-refractivity contribution in [2.75, 3.05) is 0 Å². The first kappa shape index (κ1) is 11.6. The third-order valence-electron chi connectivity index (χ3n) is 2.44. The van der Waals surface area contributed by atoms with Gasteiger partial charge in [-0.25, -0.2) is 9.67 Å². The van der Waals surface area contributed by atoms with E-state index in [0.717, 1.165) is 17.9 Å². The second-order valence-electron chi connectivity index (χ2n) is 3.74. The van der Waals surface area contributed by atoms with E-state index in [1.54, 1.807) is 0 Å². The molecule has 1 N–H and O–H groups in total. The van der Waals surface area contributed by atoms with Crippen molar-refractivity contribution in [3.63, 3.8) is 0 Å². The van der Waals surface area contributed by atoms with Gasteiger partial charge in [-0.05, 0) is 0 Å². The number of nitrogens with one attached hydrogen (secondary N) is 1. The number of halogens is 3. The molecule has 0 aliphatic carbocycles. The van der Waals surface area contributed by atoms with Gasteiger partial charge in [0, 0.05) is 0 Å². The highest BCUT2D eigenvalue weighted by Gasteiger charge is 2.36. The lowest BCUT2D eigenvalue weighted by Gasteiger charge is -2.15. The minimum absolute atomic E-state index is 0.157. The lowest BCUT2D eigenvalue weighted by atomic mass is 10.2. The Bertz CT molecular complexity index is 586. The maximum atomic E-state index is 12.4. The van der Waals surface area contributed by atoms with Crippen LogP contribution in [0.4, 0.5) is 13.2 Å². The molecule has 0 bridgehead atoms. The number of H-pyrrole nitrogens is 1. The standard InChI is InChI=1S/C9H9F3N4O/c1-5(9(10,11)12)3-16-7-6(2-15-16)8(17)14-4-13-7/h2,4-5H,3H2,1H3,(H,13,14,17)/t5-/m1/s1. The van der Waals surface area contributed by atoms with Gasteiger partial charge in [0.2, 0.25) is 0 Å². The SMILES string of the molecule is C[C@H](Cn1ncc2c(=O)[nH]cnc21)C(F)(F)F. The van der Waals surface area contributed by atoms with Crippen molar-refractivity contribution in [3.05, 3.63) is 22.9 Å². The van der Waals surface area contributed by atoms with Crippen LogP contribution in [0.25, 0.3) is 11.0 Å². The van der Waals surface area contributed by atoms with Crippen molar-refractivity contribution in [3.8, 4) is 0 Å². The minimum Gasteiger partial charge on any atom is -0.312 e. The quantitative estimate of drug-likeness (QED) is 0.869. The number of aromatic nitrogens is 4. The molecule has 2 rings (SSSR count). The van der Waals surface area contributed by atoms with Crippen molar-refractivity contribution in [1.82, 2.24) is 19.7 Å². The number of aromatic amines is 1. The summed E-state index contributed by atoms with van der Waals surface area (Å²) in [5.74, 6) is -1.55. The van der Waals surface area contributed by atoms with E-state index in [4.69, 9.17) is 0 Å². The molecule has 2 heterocycles. The molecular weight excluding hydrogens is 237 g/mol. The summed E-state index contributed by atoms with van der Waals surface area (Å²) in [4.78, 5) is 17.4. The normalized spacial score (nSPS) is 14.1. The third kappa shape index (κ3) is 2.15. The third-order valence-corrected chi connectivity index (χ3v) is 2.44. The van der Waals surface area contributed by atoms with Crippen LogP contribution in [0.5, 0.6) is 0 Å². The Hall–Kier alpha value is -1.86. The first-order valence-corrected chi connectivity index (χ1v) is 4.85. The Morgan fingerprint density at radius 2 is 2.24 bits per heavy atom. The van der Waals surface area contributed by atoms with Crippen molar-refractivity contribution >= 4 is 11.0 Å². The number of alkyl halides is 3. The largest absolute Gasteiger partial charge is 0.393 e. The lowest BCUT2D eigenvalue weighted by molar-refractivity contribution is -0.173. The molecule has 2 aromatic heterocycles. The second-order valence-corrected chi connectivity index (χ2v) is 3.74. The predicted octanol–water partition coefficient (Wildman–Crippen LogP) is 1.32. The molecule has 0 saturated heterocycles. The number of hydrogen-bond acceptors (Lipinski definition) is 3. The first-order chi connectivity index (χ1) is 7.89. The minimum atomic E-state index is -4.29. The van der Waals surface area contributed by atoms with Gasteiger partial charge in [0.1, 0.15) is 5.39 Å². The zero-order chi connectivity index (χ0) is 12.6. The fourth-order valence-electron chi connectivity index (χ4n) is 1.40. The molecule has 0 saturated carbocycles. The average Bonchev–Trinajstić information content (AvgIpc) is 2.62. The van der Waals surface area contributed by atoms with Crippen LogP contribution in [0.1, 0.15) is 6.92 Å². The molecule has 0 radical (unpaired) electrons. The smallest absolute Gasteiger partial charge is 0.312 e. The van der Waals surface area contributed by atoms with Crippen LogP contribution >= 0.6 is 0 Å². The van der Waals surface area contributed by atoms with E-state index in [1.807, 2.05) is 0 Å². The van der Waals surface area contributed by atoms with E-state index < -0.39 is 17.7 Å². The number of fused-ring (bicyclic) bond motifs is 1. The highest BCUT2D eigenvalue weighted by atomic mass is 19.4. The molecule has 0 aliphatic rings. The summed E-state index contributed by atoms with van der Waals surface area (Å²) in [5, 5.41) is 3.93. The molecule has 5 nitrogen and oxygen atoms in total. The van der Waals surface area contributed by atoms with Crippen LogP contribution in [0.3, 0.4) is 0 Å². The second kappa shape index (κ2) is 3.86. The Labute approximate surface area is 93.3 Å². The summed E-state index contributed by atoms with van der Waals surface area (Å²) < 4.78 is 38.3. The van der Waals surface area contributed by atoms with E-state index in [2.05, 4.69) is 15.1 Å². The molecule has 0 aliphatic heterocycles. The summed E-state index contributed by atoms with van der Waals surface area (Å²) in [6.45, 7) is 0.699. The maximum absolute atomic E-state index is 12.4. The molecule has 0 unspecified atom stereocenters. The van der Waals surface area contributed by atoms with Gasteiger partial charge in [0.25, 0.3) is 5.56 Å². The van der Waals surface area contributed by atoms with Crippen LogP contribution in [-0.4, -0.2) is 25.9 Å². The summed E-state index contributed by atoms with van der Waals surface area (Å²) in [6.07, 6.45) is -1.94. The monoisotopic (exact) mass is 246 g/mol. The zero-order valence-electron chi connectivity index (χ0n) is 8.82. The van der Waals surface area contributed by atoms with E-state index >= 15 is 0 Å². The summed E-state index contributed by atoms with van der Waals surface area (Å²) in [7, 11) is 0. The fourth-order valence-corrected chi connectivity index (χ4v) is 1.40. The highest BCUT2D eigenvalue weighted by Crippen LogP contribution is 2.27. The van der Waals surface area contributed by atoms with Crippen molar-refractivity contribution < 1.29 is 13.2 Å². The van der Waals surface area contributed by atoms with Gasteiger partial charge < -0.3 is 4.98 Å². The van der Waals surface area contributed by atoms with Gasteiger partial charge >= 0.3 is 6.18 Å². The molecule has 0 aromatic carbocycles. The van der Waals surface area contributed by atoms with Crippen LogP contribution in [-0.2, 0) is 6.54 Å². The molecule has 0 fully saturated rings. The number of rotatable bonds is 2. The van der Waals surface area contributed by atoms with Gasteiger partial charge in [0.05, 0.1) is 25.0 Å². The van der Waals surface area contributed by atoms with Crippen LogP contribution in [0.2, 0.25) is 0 Å². The van der Waals surface area contributed by atoms with Crippen LogP contribution in [0, 0.1) is 5.92 Å². The van der Waals surface area contributed by atoms with Crippen molar-refractivity contribution in [2.24, 2.45) is 5.92 Å². The van der Waals surface area contributed by atoms with E-state index in [9.17, 15) is 18.0 Å². The predicted molar refractivity (Wildman–Crippen MR) is 53.4 cm³/mol. The van der Waals surface area contributed by atoms with Crippen molar-refractivity contribution in [2.45, 2.75) is 19.6 Å². The summed E-state index contributed by atoms with van der Waals surface area (Å²) >= 11 is 0. The first-order valence-electron chi connectivity index (χ1n) is 4.85. The van der Waals surface area contributed by atoms with E-state index in [0.29, 0.717) is 0 Å². The van der Waals surface area contributed by atoms with E-state index in [1.165, 1.54) is 6.20 Å². The molecule has 0 amide bonds. The van der Waals surface area contributed by atoms with Crippen molar-refractivity contribution in [1.29, 1.82) is 0 Å². The Balaban J connectivity index is 2.38. The average molecular weight is 246 g/mol. The van der Waals surface area contributed by atoms with Crippen LogP contribution in [0.15, 0.2) is 17.3 Å². The fraction of sp³-hybridized carbons (Fsp3) is 0.444. The molecule has 2 aromatic rings. The zero-order valence-corrected chi connectivity index (χ0v) is 8.82. The number of hydrogen-bond donors (Lipinski definition) is 1. The summed E-state index contributed by atoms with van der Waals surface area (Å²) in [5.41, 5.74) is -0.259. The molecule has 1 atom stereocenters. The van der Waals surface area contributed by atoms with Gasteiger partial charge in [-0.2, -0.15) is 18.3 Å². The highest BCUT2D eigenvalue weighted by molar-refractivity contribution is 5.72. The molecule has 0 spiro atoms. The van der Waals surface area contributed by atoms with E-state index in [-0.39, 0.29) is 17.6 Å². The Kier molecular flexibility index (Phi) is 2.64. The number of nitrogens with zero attached hydrogens (tertiary/aromatic N) is 3. The molecule has 92 valence electrons. The van der Waals surface area contributed by atoms with Gasteiger partial charge in [-0.15, -0.1) is 0 Å². The lowest BCUT2D eigenvalue weighted by Crippen LogP contribution is -2.25. The summed E-state index contributed by atoms with van der Waals surface area (Å²) in [6, 6.07) is 0. The maximum Gasteiger partial charge on any atom is 0.393 e.